The Bertz CT molecular complexity index is 735. The monoisotopic (exact) mass is 309 g/mol. The number of anilines is 1. The molecular weight excluding hydrogens is 294 g/mol. The summed E-state index contributed by atoms with van der Waals surface area (Å²) in [6.07, 6.45) is 2.69. The van der Waals surface area contributed by atoms with Gasteiger partial charge in [0.1, 0.15) is 6.61 Å². The van der Waals surface area contributed by atoms with E-state index >= 15 is 0 Å². The zero-order chi connectivity index (χ0) is 15.5. The molecule has 0 bridgehead atoms. The predicted octanol–water partition coefficient (Wildman–Crippen LogP) is 0.656. The zero-order valence-corrected chi connectivity index (χ0v) is 12.2. The van der Waals surface area contributed by atoms with E-state index in [1.54, 1.807) is 30.5 Å². The molecule has 0 spiro atoms. The second-order valence-corrected chi connectivity index (χ2v) is 6.76. The second-order valence-electron chi connectivity index (χ2n) is 4.50. The quantitative estimate of drug-likeness (QED) is 0.642. The number of sulfone groups is 1. The first kappa shape index (κ1) is 15.0. The number of ether oxygens (including phenoxy) is 1. The number of hydrogen-bond acceptors (Lipinski definition) is 6. The fourth-order valence-electron chi connectivity index (χ4n) is 1.56. The van der Waals surface area contributed by atoms with Gasteiger partial charge in [-0.15, -0.1) is 0 Å². The molecule has 2 rings (SSSR count). The van der Waals surface area contributed by atoms with Gasteiger partial charge in [0.15, 0.2) is 15.5 Å². The lowest BCUT2D eigenvalue weighted by Crippen LogP contribution is -2.15. The molecule has 0 aliphatic heterocycles. The highest BCUT2D eigenvalue weighted by Gasteiger charge is 2.13. The van der Waals surface area contributed by atoms with Gasteiger partial charge < -0.3 is 10.5 Å². The summed E-state index contributed by atoms with van der Waals surface area (Å²) in [5, 5.41) is 4.08. The topological polar surface area (TPSA) is 104 Å². The van der Waals surface area contributed by atoms with Gasteiger partial charge in [-0.1, -0.05) is 0 Å². The Morgan fingerprint density at radius 2 is 1.95 bits per heavy atom. The number of nitrogens with two attached hydrogens (primary N) is 1. The molecule has 0 amide bonds. The molecule has 112 valence electrons. The molecule has 0 aliphatic rings. The summed E-state index contributed by atoms with van der Waals surface area (Å²) in [6, 6.07) is 8.48. The maximum Gasteiger partial charge on any atom is 0.358 e. The van der Waals surface area contributed by atoms with E-state index in [0.717, 1.165) is 11.9 Å². The fraction of sp³-hybridized carbons (Fsp3) is 0.231. The van der Waals surface area contributed by atoms with Crippen molar-refractivity contribution >= 4 is 21.5 Å². The van der Waals surface area contributed by atoms with Crippen molar-refractivity contribution in [1.29, 1.82) is 0 Å². The van der Waals surface area contributed by atoms with Crippen LogP contribution in [-0.4, -0.2) is 42.8 Å². The Morgan fingerprint density at radius 1 is 1.29 bits per heavy atom. The largest absolute Gasteiger partial charge is 0.460 e. The van der Waals surface area contributed by atoms with Gasteiger partial charge in [-0.05, 0) is 30.3 Å². The van der Waals surface area contributed by atoms with Crippen molar-refractivity contribution < 1.29 is 17.9 Å². The van der Waals surface area contributed by atoms with Gasteiger partial charge in [0.05, 0.1) is 11.4 Å². The highest BCUT2D eigenvalue weighted by Crippen LogP contribution is 2.11. The number of carbonyl (C=O) groups excluding carboxylic acids is 1. The number of aromatic nitrogens is 2. The van der Waals surface area contributed by atoms with Crippen molar-refractivity contribution in [3.8, 4) is 5.69 Å². The minimum atomic E-state index is -3.16. The molecule has 1 aromatic heterocycles. The Labute approximate surface area is 122 Å². The van der Waals surface area contributed by atoms with E-state index in [0.29, 0.717) is 5.69 Å². The average molecular weight is 309 g/mol. The van der Waals surface area contributed by atoms with Gasteiger partial charge in [-0.3, -0.25) is 0 Å². The molecule has 8 heteroatoms. The Hall–Kier alpha value is -2.35. The molecule has 2 N–H and O–H groups in total. The summed E-state index contributed by atoms with van der Waals surface area (Å²) >= 11 is 0. The van der Waals surface area contributed by atoms with Crippen LogP contribution < -0.4 is 5.73 Å². The summed E-state index contributed by atoms with van der Waals surface area (Å²) in [5.41, 5.74) is 7.09. The van der Waals surface area contributed by atoms with Crippen molar-refractivity contribution in [1.82, 2.24) is 9.78 Å². The summed E-state index contributed by atoms with van der Waals surface area (Å²) in [7, 11) is -3.16. The molecule has 21 heavy (non-hydrogen) atoms. The third-order valence-corrected chi connectivity index (χ3v) is 3.55. The maximum absolute atomic E-state index is 11.7. The normalized spacial score (nSPS) is 11.3. The van der Waals surface area contributed by atoms with Gasteiger partial charge in [0, 0.05) is 18.1 Å². The zero-order valence-electron chi connectivity index (χ0n) is 11.4. The van der Waals surface area contributed by atoms with E-state index in [2.05, 4.69) is 5.10 Å². The lowest BCUT2D eigenvalue weighted by molar-refractivity contribution is 0.0522. The van der Waals surface area contributed by atoms with Crippen molar-refractivity contribution in [3.63, 3.8) is 0 Å². The summed E-state index contributed by atoms with van der Waals surface area (Å²) in [6.45, 7) is -0.188. The fourth-order valence-corrected chi connectivity index (χ4v) is 1.95. The highest BCUT2D eigenvalue weighted by atomic mass is 32.2. The Balaban J connectivity index is 2.02. The van der Waals surface area contributed by atoms with E-state index in [1.165, 1.54) is 10.7 Å². The van der Waals surface area contributed by atoms with Crippen molar-refractivity contribution in [2.75, 3.05) is 24.3 Å². The van der Waals surface area contributed by atoms with Crippen LogP contribution in [-0.2, 0) is 14.6 Å². The third kappa shape index (κ3) is 4.32. The molecule has 0 unspecified atom stereocenters. The molecule has 0 radical (unpaired) electrons. The number of rotatable bonds is 5. The van der Waals surface area contributed by atoms with E-state index in [-0.39, 0.29) is 18.1 Å². The van der Waals surface area contributed by atoms with Gasteiger partial charge >= 0.3 is 5.97 Å². The van der Waals surface area contributed by atoms with E-state index in [9.17, 15) is 13.2 Å². The van der Waals surface area contributed by atoms with Crippen LogP contribution >= 0.6 is 0 Å². The lowest BCUT2D eigenvalue weighted by Gasteiger charge is -2.02. The number of benzene rings is 1. The molecule has 0 fully saturated rings. The van der Waals surface area contributed by atoms with Crippen molar-refractivity contribution in [2.45, 2.75) is 0 Å². The lowest BCUT2D eigenvalue weighted by atomic mass is 10.3. The smallest absolute Gasteiger partial charge is 0.358 e. The minimum absolute atomic E-state index is 0.111. The van der Waals surface area contributed by atoms with Crippen LogP contribution in [0.1, 0.15) is 10.5 Å². The van der Waals surface area contributed by atoms with Crippen LogP contribution in [0.25, 0.3) is 5.69 Å². The standard InChI is InChI=1S/C13H15N3O4S/c1-21(18,19)9-8-20-13(17)12-6-7-16(15-12)11-4-2-10(14)3-5-11/h2-7H,8-9,14H2,1H3. The molecular formula is C13H15N3O4S. The minimum Gasteiger partial charge on any atom is -0.460 e. The molecule has 7 nitrogen and oxygen atoms in total. The van der Waals surface area contributed by atoms with E-state index in [4.69, 9.17) is 10.5 Å². The predicted molar refractivity (Wildman–Crippen MR) is 78.0 cm³/mol. The van der Waals surface area contributed by atoms with Gasteiger partial charge in [-0.2, -0.15) is 5.10 Å². The van der Waals surface area contributed by atoms with Crippen LogP contribution in [0, 0.1) is 0 Å². The van der Waals surface area contributed by atoms with Gasteiger partial charge in [-0.25, -0.2) is 17.9 Å². The summed E-state index contributed by atoms with van der Waals surface area (Å²) in [4.78, 5) is 11.7. The van der Waals surface area contributed by atoms with E-state index in [1.807, 2.05) is 0 Å². The van der Waals surface area contributed by atoms with Crippen molar-refractivity contribution in [3.05, 3.63) is 42.2 Å². The summed E-state index contributed by atoms with van der Waals surface area (Å²) < 4.78 is 28.3. The van der Waals surface area contributed by atoms with Crippen LogP contribution in [0.4, 0.5) is 5.69 Å². The molecule has 1 aromatic carbocycles. The van der Waals surface area contributed by atoms with Crippen LogP contribution in [0.5, 0.6) is 0 Å². The van der Waals surface area contributed by atoms with Crippen molar-refractivity contribution in [2.24, 2.45) is 0 Å². The molecule has 0 atom stereocenters. The molecule has 0 saturated carbocycles. The SMILES string of the molecule is CS(=O)(=O)CCOC(=O)c1ccn(-c2ccc(N)cc2)n1. The number of nitrogen functional groups attached to an aromatic ring is 1. The van der Waals surface area contributed by atoms with Crippen LogP contribution in [0.2, 0.25) is 0 Å². The summed E-state index contributed by atoms with van der Waals surface area (Å²) in [5.74, 6) is -0.870. The highest BCUT2D eigenvalue weighted by molar-refractivity contribution is 7.90. The molecule has 1 heterocycles. The van der Waals surface area contributed by atoms with Crippen LogP contribution in [0.3, 0.4) is 0 Å². The van der Waals surface area contributed by atoms with E-state index < -0.39 is 15.8 Å². The molecule has 0 aliphatic carbocycles. The Kier molecular flexibility index (Phi) is 4.27. The van der Waals surface area contributed by atoms with Crippen LogP contribution in [0.15, 0.2) is 36.5 Å². The maximum atomic E-state index is 11.7. The number of esters is 1. The second kappa shape index (κ2) is 5.96. The first-order chi connectivity index (χ1) is 9.85. The Morgan fingerprint density at radius 3 is 2.57 bits per heavy atom. The first-order valence-corrected chi connectivity index (χ1v) is 8.18. The van der Waals surface area contributed by atoms with Gasteiger partial charge in [0.25, 0.3) is 0 Å². The van der Waals surface area contributed by atoms with Gasteiger partial charge in [0.2, 0.25) is 0 Å². The number of carbonyl (C=O) groups is 1. The first-order valence-electron chi connectivity index (χ1n) is 6.11. The average Bonchev–Trinajstić information content (AvgIpc) is 2.87. The molecule has 0 saturated heterocycles. The molecule has 2 aromatic rings. The number of hydrogen-bond donors (Lipinski definition) is 1. The number of nitrogens with zero attached hydrogens (tertiary/aromatic N) is 2. The third-order valence-electron chi connectivity index (χ3n) is 2.64.